The molecule has 1 aliphatic rings. The summed E-state index contributed by atoms with van der Waals surface area (Å²) in [5, 5.41) is 0.637. The predicted molar refractivity (Wildman–Crippen MR) is 76.9 cm³/mol. The maximum absolute atomic E-state index is 12.8. The highest BCUT2D eigenvalue weighted by Crippen LogP contribution is 2.39. The van der Waals surface area contributed by atoms with Crippen LogP contribution in [0.3, 0.4) is 0 Å². The van der Waals surface area contributed by atoms with Gasteiger partial charge in [-0.1, -0.05) is 18.2 Å². The molecule has 1 atom stereocenters. The molecular formula is C15H13FS2. The van der Waals surface area contributed by atoms with E-state index in [1.807, 2.05) is 35.7 Å². The van der Waals surface area contributed by atoms with Crippen molar-refractivity contribution in [1.29, 1.82) is 0 Å². The summed E-state index contributed by atoms with van der Waals surface area (Å²) in [5.41, 5.74) is 1.47. The predicted octanol–water partition coefficient (Wildman–Crippen LogP) is 4.63. The van der Waals surface area contributed by atoms with E-state index in [2.05, 4.69) is 24.3 Å². The minimum atomic E-state index is -0.165. The average Bonchev–Trinajstić information content (AvgIpc) is 2.81. The van der Waals surface area contributed by atoms with E-state index in [9.17, 15) is 4.39 Å². The molecule has 0 fully saturated rings. The maximum Gasteiger partial charge on any atom is 0.123 e. The summed E-state index contributed by atoms with van der Waals surface area (Å²) < 4.78 is 12.8. The van der Waals surface area contributed by atoms with Crippen LogP contribution in [0, 0.1) is 5.82 Å². The van der Waals surface area contributed by atoms with Crippen LogP contribution in [-0.4, -0.2) is 11.0 Å². The van der Waals surface area contributed by atoms with Gasteiger partial charge in [-0.15, -0.1) is 23.5 Å². The third kappa shape index (κ3) is 2.73. The smallest absolute Gasteiger partial charge is 0.123 e. The monoisotopic (exact) mass is 276 g/mol. The molecule has 0 bridgehead atoms. The molecule has 1 heterocycles. The molecule has 2 aromatic rings. The summed E-state index contributed by atoms with van der Waals surface area (Å²) in [6.07, 6.45) is 1.15. The van der Waals surface area contributed by atoms with E-state index in [0.29, 0.717) is 5.25 Å². The fourth-order valence-electron chi connectivity index (χ4n) is 2.07. The Labute approximate surface area is 115 Å². The Bertz CT molecular complexity index is 511. The standard InChI is InChI=1S/C15H13FS2/c16-12-5-7-13(8-6-12)17-10-14-9-11-3-1-2-4-15(11)18-14/h1-8,14H,9-10H2. The zero-order valence-corrected chi connectivity index (χ0v) is 11.4. The topological polar surface area (TPSA) is 0 Å². The molecule has 0 aliphatic carbocycles. The first-order valence-corrected chi connectivity index (χ1v) is 7.81. The maximum atomic E-state index is 12.8. The Balaban J connectivity index is 1.58. The van der Waals surface area contributed by atoms with Gasteiger partial charge in [0.15, 0.2) is 0 Å². The van der Waals surface area contributed by atoms with Crippen molar-refractivity contribution in [1.82, 2.24) is 0 Å². The lowest BCUT2D eigenvalue weighted by molar-refractivity contribution is 0.626. The van der Waals surface area contributed by atoms with E-state index in [1.54, 1.807) is 0 Å². The Morgan fingerprint density at radius 2 is 1.89 bits per heavy atom. The number of hydrogen-bond donors (Lipinski definition) is 0. The first-order valence-electron chi connectivity index (χ1n) is 5.94. The highest BCUT2D eigenvalue weighted by atomic mass is 32.2. The summed E-state index contributed by atoms with van der Waals surface area (Å²) in [6.45, 7) is 0. The van der Waals surface area contributed by atoms with Crippen molar-refractivity contribution in [2.75, 3.05) is 5.75 Å². The summed E-state index contributed by atoms with van der Waals surface area (Å²) in [5.74, 6) is 0.910. The van der Waals surface area contributed by atoms with E-state index in [-0.39, 0.29) is 5.82 Å². The van der Waals surface area contributed by atoms with E-state index >= 15 is 0 Å². The van der Waals surface area contributed by atoms with E-state index in [1.165, 1.54) is 22.6 Å². The lowest BCUT2D eigenvalue weighted by Gasteiger charge is -2.07. The van der Waals surface area contributed by atoms with Gasteiger partial charge >= 0.3 is 0 Å². The fraction of sp³-hybridized carbons (Fsp3) is 0.200. The number of halogens is 1. The van der Waals surface area contributed by atoms with Crippen LogP contribution in [0.2, 0.25) is 0 Å². The summed E-state index contributed by atoms with van der Waals surface area (Å²) in [6, 6.07) is 15.4. The van der Waals surface area contributed by atoms with Crippen LogP contribution < -0.4 is 0 Å². The van der Waals surface area contributed by atoms with E-state index < -0.39 is 0 Å². The summed E-state index contributed by atoms with van der Waals surface area (Å²) in [4.78, 5) is 2.56. The molecule has 0 spiro atoms. The molecule has 2 aromatic carbocycles. The van der Waals surface area contributed by atoms with Crippen LogP contribution in [0.15, 0.2) is 58.3 Å². The highest BCUT2D eigenvalue weighted by Gasteiger charge is 2.21. The molecular weight excluding hydrogens is 263 g/mol. The quantitative estimate of drug-likeness (QED) is 0.749. The highest BCUT2D eigenvalue weighted by molar-refractivity contribution is 8.03. The van der Waals surface area contributed by atoms with Crippen molar-refractivity contribution >= 4 is 23.5 Å². The lowest BCUT2D eigenvalue weighted by atomic mass is 10.1. The molecule has 0 radical (unpaired) electrons. The molecule has 3 rings (SSSR count). The van der Waals surface area contributed by atoms with Gasteiger partial charge in [0.05, 0.1) is 0 Å². The van der Waals surface area contributed by atoms with Crippen molar-refractivity contribution in [3.8, 4) is 0 Å². The normalized spacial score (nSPS) is 17.7. The summed E-state index contributed by atoms with van der Waals surface area (Å²) >= 11 is 3.77. The van der Waals surface area contributed by atoms with Crippen LogP contribution in [0.4, 0.5) is 4.39 Å². The Morgan fingerprint density at radius 3 is 2.67 bits per heavy atom. The van der Waals surface area contributed by atoms with Crippen LogP contribution in [0.25, 0.3) is 0 Å². The van der Waals surface area contributed by atoms with Crippen molar-refractivity contribution in [3.05, 3.63) is 59.9 Å². The Hall–Kier alpha value is -0.930. The molecule has 0 nitrogen and oxygen atoms in total. The Kier molecular flexibility index (Phi) is 3.62. The van der Waals surface area contributed by atoms with Crippen molar-refractivity contribution in [2.24, 2.45) is 0 Å². The molecule has 1 unspecified atom stereocenters. The van der Waals surface area contributed by atoms with Gasteiger partial charge in [-0.3, -0.25) is 0 Å². The second kappa shape index (κ2) is 5.37. The molecule has 0 N–H and O–H groups in total. The molecule has 3 heteroatoms. The minimum Gasteiger partial charge on any atom is -0.207 e. The zero-order valence-electron chi connectivity index (χ0n) is 9.80. The molecule has 0 aromatic heterocycles. The number of benzene rings is 2. The SMILES string of the molecule is Fc1ccc(SCC2Cc3ccccc3S2)cc1. The van der Waals surface area contributed by atoms with Crippen LogP contribution in [0.5, 0.6) is 0 Å². The second-order valence-electron chi connectivity index (χ2n) is 4.32. The van der Waals surface area contributed by atoms with E-state index in [0.717, 1.165) is 17.1 Å². The average molecular weight is 276 g/mol. The first-order chi connectivity index (χ1) is 8.81. The van der Waals surface area contributed by atoms with Gasteiger partial charge in [-0.05, 0) is 42.3 Å². The van der Waals surface area contributed by atoms with Crippen LogP contribution in [-0.2, 0) is 6.42 Å². The summed E-state index contributed by atoms with van der Waals surface area (Å²) in [7, 11) is 0. The Morgan fingerprint density at radius 1 is 1.11 bits per heavy atom. The molecule has 0 amide bonds. The number of thioether (sulfide) groups is 2. The molecule has 92 valence electrons. The van der Waals surface area contributed by atoms with E-state index in [4.69, 9.17) is 0 Å². The van der Waals surface area contributed by atoms with Crippen molar-refractivity contribution in [3.63, 3.8) is 0 Å². The van der Waals surface area contributed by atoms with Gasteiger partial charge < -0.3 is 0 Å². The third-order valence-corrected chi connectivity index (χ3v) is 5.67. The molecule has 0 saturated carbocycles. The fourth-order valence-corrected chi connectivity index (χ4v) is 4.45. The second-order valence-corrected chi connectivity index (χ2v) is 6.75. The van der Waals surface area contributed by atoms with Crippen LogP contribution in [0.1, 0.15) is 5.56 Å². The van der Waals surface area contributed by atoms with Gasteiger partial charge in [0.25, 0.3) is 0 Å². The van der Waals surface area contributed by atoms with Gasteiger partial charge in [0.1, 0.15) is 5.82 Å². The van der Waals surface area contributed by atoms with Gasteiger partial charge in [0, 0.05) is 20.8 Å². The number of hydrogen-bond acceptors (Lipinski definition) is 2. The van der Waals surface area contributed by atoms with Crippen molar-refractivity contribution in [2.45, 2.75) is 21.5 Å². The molecule has 1 aliphatic heterocycles. The lowest BCUT2D eigenvalue weighted by Crippen LogP contribution is -2.03. The van der Waals surface area contributed by atoms with Gasteiger partial charge in [-0.2, -0.15) is 0 Å². The van der Waals surface area contributed by atoms with Gasteiger partial charge in [-0.25, -0.2) is 4.39 Å². The largest absolute Gasteiger partial charge is 0.207 e. The zero-order chi connectivity index (χ0) is 12.4. The first kappa shape index (κ1) is 12.1. The minimum absolute atomic E-state index is 0.165. The third-order valence-electron chi connectivity index (χ3n) is 2.96. The van der Waals surface area contributed by atoms with Gasteiger partial charge in [0.2, 0.25) is 0 Å². The number of rotatable bonds is 3. The number of fused-ring (bicyclic) bond motifs is 1. The molecule has 0 saturated heterocycles. The molecule has 18 heavy (non-hydrogen) atoms. The van der Waals surface area contributed by atoms with Crippen molar-refractivity contribution < 1.29 is 4.39 Å². The van der Waals surface area contributed by atoms with Crippen LogP contribution >= 0.6 is 23.5 Å².